The van der Waals surface area contributed by atoms with Crippen LogP contribution in [0.1, 0.15) is 47.8 Å². The van der Waals surface area contributed by atoms with Crippen LogP contribution in [0.25, 0.3) is 28.5 Å². The number of anilines is 1. The average molecular weight is 513 g/mol. The summed E-state index contributed by atoms with van der Waals surface area (Å²) in [7, 11) is 6.51. The normalized spacial score (nSPS) is 15.8. The minimum absolute atomic E-state index is 0.0316. The third kappa shape index (κ3) is 4.04. The summed E-state index contributed by atoms with van der Waals surface area (Å²) in [5, 5.41) is 14.2. The lowest BCUT2D eigenvalue weighted by atomic mass is 9.82. The Balaban J connectivity index is 1.84. The summed E-state index contributed by atoms with van der Waals surface area (Å²) in [5.41, 5.74) is 6.33. The van der Waals surface area contributed by atoms with Crippen LogP contribution in [0.2, 0.25) is 0 Å². The number of benzene rings is 3. The maximum Gasteiger partial charge on any atom is 0.257 e. The molecule has 2 heterocycles. The Labute approximate surface area is 223 Å². The Morgan fingerprint density at radius 2 is 1.79 bits per heavy atom. The van der Waals surface area contributed by atoms with Gasteiger partial charge in [0.05, 0.1) is 30.9 Å². The minimum Gasteiger partial charge on any atom is -0.504 e. The first-order valence-corrected chi connectivity index (χ1v) is 12.4. The van der Waals surface area contributed by atoms with Gasteiger partial charge in [0, 0.05) is 36.5 Å². The SMILES string of the molecule is COc1cccc(/C=C2\Oc3ccc(O)c(OC)c3-c3ccc4c(c32)C(C)=CC(C)(C)N4)c1C(=O)N(C)C. The highest BCUT2D eigenvalue weighted by Crippen LogP contribution is 2.54. The smallest absolute Gasteiger partial charge is 0.257 e. The molecule has 0 fully saturated rings. The molecule has 0 radical (unpaired) electrons. The van der Waals surface area contributed by atoms with E-state index < -0.39 is 0 Å². The van der Waals surface area contributed by atoms with Crippen LogP contribution in [-0.2, 0) is 0 Å². The Morgan fingerprint density at radius 1 is 1.03 bits per heavy atom. The number of nitrogens with zero attached hydrogens (tertiary/aromatic N) is 1. The number of nitrogens with one attached hydrogen (secondary N) is 1. The fraction of sp³-hybridized carbons (Fsp3) is 0.258. The summed E-state index contributed by atoms with van der Waals surface area (Å²) in [4.78, 5) is 14.7. The zero-order valence-electron chi connectivity index (χ0n) is 22.7. The number of rotatable bonds is 4. The number of hydrogen-bond donors (Lipinski definition) is 2. The Morgan fingerprint density at radius 3 is 2.47 bits per heavy atom. The highest BCUT2D eigenvalue weighted by molar-refractivity contribution is 6.05. The van der Waals surface area contributed by atoms with Crippen molar-refractivity contribution in [3.05, 3.63) is 70.8 Å². The summed E-state index contributed by atoms with van der Waals surface area (Å²) in [6.45, 7) is 6.33. The van der Waals surface area contributed by atoms with Crippen molar-refractivity contribution in [3.8, 4) is 34.1 Å². The van der Waals surface area contributed by atoms with E-state index in [-0.39, 0.29) is 17.2 Å². The van der Waals surface area contributed by atoms with Gasteiger partial charge in [-0.3, -0.25) is 4.79 Å². The molecule has 2 aliphatic heterocycles. The number of carbonyl (C=O) groups is 1. The first-order valence-electron chi connectivity index (χ1n) is 12.4. The zero-order valence-corrected chi connectivity index (χ0v) is 22.7. The third-order valence-corrected chi connectivity index (χ3v) is 6.86. The molecule has 7 nitrogen and oxygen atoms in total. The van der Waals surface area contributed by atoms with Gasteiger partial charge in [0.2, 0.25) is 0 Å². The van der Waals surface area contributed by atoms with E-state index in [1.807, 2.05) is 24.3 Å². The van der Waals surface area contributed by atoms with E-state index in [0.29, 0.717) is 39.7 Å². The lowest BCUT2D eigenvalue weighted by Crippen LogP contribution is -2.32. The second-order valence-corrected chi connectivity index (χ2v) is 10.3. The van der Waals surface area contributed by atoms with Gasteiger partial charge >= 0.3 is 0 Å². The molecule has 0 saturated carbocycles. The maximum absolute atomic E-state index is 13.2. The third-order valence-electron chi connectivity index (χ3n) is 6.86. The minimum atomic E-state index is -0.226. The van der Waals surface area contributed by atoms with Crippen molar-refractivity contribution in [2.45, 2.75) is 26.3 Å². The van der Waals surface area contributed by atoms with Gasteiger partial charge in [-0.2, -0.15) is 0 Å². The molecule has 3 aromatic carbocycles. The number of phenolic OH excluding ortho intramolecular Hbond substituents is 1. The van der Waals surface area contributed by atoms with Crippen LogP contribution in [0.4, 0.5) is 5.69 Å². The molecule has 3 aromatic rings. The molecule has 0 spiro atoms. The molecular weight excluding hydrogens is 480 g/mol. The summed E-state index contributed by atoms with van der Waals surface area (Å²) < 4.78 is 17.7. The van der Waals surface area contributed by atoms with Gasteiger partial charge in [0.25, 0.3) is 5.91 Å². The maximum atomic E-state index is 13.2. The number of allylic oxidation sites excluding steroid dienone is 1. The zero-order chi connectivity index (χ0) is 27.4. The number of carbonyl (C=O) groups excluding carboxylic acids is 1. The molecule has 38 heavy (non-hydrogen) atoms. The van der Waals surface area contributed by atoms with Crippen molar-refractivity contribution in [1.29, 1.82) is 0 Å². The van der Waals surface area contributed by atoms with Gasteiger partial charge < -0.3 is 29.5 Å². The van der Waals surface area contributed by atoms with Crippen LogP contribution >= 0.6 is 0 Å². The average Bonchev–Trinajstić information content (AvgIpc) is 2.87. The van der Waals surface area contributed by atoms with E-state index in [1.54, 1.807) is 39.4 Å². The monoisotopic (exact) mass is 512 g/mol. The summed E-state index contributed by atoms with van der Waals surface area (Å²) in [6, 6.07) is 12.9. The van der Waals surface area contributed by atoms with Crippen LogP contribution in [0, 0.1) is 0 Å². The van der Waals surface area contributed by atoms with Gasteiger partial charge in [-0.15, -0.1) is 0 Å². The predicted molar refractivity (Wildman–Crippen MR) is 151 cm³/mol. The van der Waals surface area contributed by atoms with Crippen molar-refractivity contribution < 1.29 is 24.1 Å². The second kappa shape index (κ2) is 9.17. The van der Waals surface area contributed by atoms with Crippen LogP contribution in [0.15, 0.2) is 48.5 Å². The second-order valence-electron chi connectivity index (χ2n) is 10.3. The predicted octanol–water partition coefficient (Wildman–Crippen LogP) is 6.28. The number of amides is 1. The molecule has 0 unspecified atom stereocenters. The van der Waals surface area contributed by atoms with Crippen LogP contribution in [0.5, 0.6) is 23.0 Å². The van der Waals surface area contributed by atoms with Crippen LogP contribution in [-0.4, -0.2) is 49.8 Å². The largest absolute Gasteiger partial charge is 0.504 e. The summed E-state index contributed by atoms with van der Waals surface area (Å²) in [5.74, 6) is 1.81. The molecule has 5 rings (SSSR count). The Hall–Kier alpha value is -4.39. The number of hydrogen-bond acceptors (Lipinski definition) is 6. The number of ether oxygens (including phenoxy) is 3. The molecule has 2 aliphatic rings. The van der Waals surface area contributed by atoms with Gasteiger partial charge in [-0.25, -0.2) is 0 Å². The van der Waals surface area contributed by atoms with Crippen molar-refractivity contribution in [3.63, 3.8) is 0 Å². The first-order chi connectivity index (χ1) is 18.1. The van der Waals surface area contributed by atoms with Gasteiger partial charge in [0.15, 0.2) is 11.5 Å². The molecular formula is C31H32N2O5. The van der Waals surface area contributed by atoms with Crippen LogP contribution < -0.4 is 19.5 Å². The highest BCUT2D eigenvalue weighted by atomic mass is 16.5. The lowest BCUT2D eigenvalue weighted by molar-refractivity contribution is 0.0824. The number of aromatic hydroxyl groups is 1. The molecule has 0 atom stereocenters. The number of phenols is 1. The van der Waals surface area contributed by atoms with Crippen molar-refractivity contribution in [1.82, 2.24) is 4.90 Å². The van der Waals surface area contributed by atoms with Crippen molar-refractivity contribution >= 4 is 29.0 Å². The molecule has 0 bridgehead atoms. The fourth-order valence-electron chi connectivity index (χ4n) is 5.38. The van der Waals surface area contributed by atoms with Gasteiger partial charge in [-0.1, -0.05) is 24.3 Å². The standard InChI is InChI=1S/C31H32N2O5/c1-17-16-31(2,3)32-20-12-11-19-27(25(17)20)24(38-23-14-13-21(34)29(37-7)28(19)23)15-18-9-8-10-22(36-6)26(18)30(35)33(4)5/h8-16,32,34H,1-7H3/b24-15-. The molecule has 0 saturated heterocycles. The van der Waals surface area contributed by atoms with E-state index in [4.69, 9.17) is 14.2 Å². The van der Waals surface area contributed by atoms with E-state index in [2.05, 4.69) is 38.2 Å². The van der Waals surface area contributed by atoms with E-state index in [0.717, 1.165) is 28.0 Å². The lowest BCUT2D eigenvalue weighted by Gasteiger charge is -2.35. The fourth-order valence-corrected chi connectivity index (χ4v) is 5.38. The van der Waals surface area contributed by atoms with E-state index in [9.17, 15) is 9.90 Å². The summed E-state index contributed by atoms with van der Waals surface area (Å²) >= 11 is 0. The molecule has 7 heteroatoms. The highest BCUT2D eigenvalue weighted by Gasteiger charge is 2.34. The van der Waals surface area contributed by atoms with Crippen LogP contribution in [0.3, 0.4) is 0 Å². The summed E-state index contributed by atoms with van der Waals surface area (Å²) in [6.07, 6.45) is 4.07. The number of fused-ring (bicyclic) bond motifs is 5. The Bertz CT molecular complexity index is 1530. The molecule has 196 valence electrons. The molecule has 0 aromatic heterocycles. The molecule has 2 N–H and O–H groups in total. The first kappa shape index (κ1) is 25.3. The molecule has 0 aliphatic carbocycles. The quantitative estimate of drug-likeness (QED) is 0.429. The van der Waals surface area contributed by atoms with E-state index in [1.165, 1.54) is 12.0 Å². The van der Waals surface area contributed by atoms with Crippen molar-refractivity contribution in [2.24, 2.45) is 0 Å². The Kier molecular flexibility index (Phi) is 6.10. The number of methoxy groups -OCH3 is 2. The van der Waals surface area contributed by atoms with E-state index >= 15 is 0 Å². The van der Waals surface area contributed by atoms with Gasteiger partial charge in [-0.05, 0) is 62.2 Å². The van der Waals surface area contributed by atoms with Gasteiger partial charge in [0.1, 0.15) is 17.3 Å². The molecule has 1 amide bonds. The topological polar surface area (TPSA) is 80.3 Å². The van der Waals surface area contributed by atoms with Crippen molar-refractivity contribution in [2.75, 3.05) is 33.6 Å².